The van der Waals surface area contributed by atoms with Crippen molar-refractivity contribution >= 4 is 17.3 Å². The average molecular weight is 382 g/mol. The van der Waals surface area contributed by atoms with Gasteiger partial charge in [-0.3, -0.25) is 4.79 Å². The zero-order chi connectivity index (χ0) is 21.1. The molecule has 0 amide bonds. The third-order valence-corrected chi connectivity index (χ3v) is 5.24. The van der Waals surface area contributed by atoms with Crippen LogP contribution in [0.2, 0.25) is 0 Å². The molecule has 1 aliphatic carbocycles. The summed E-state index contributed by atoms with van der Waals surface area (Å²) in [6, 6.07) is 10.4. The lowest BCUT2D eigenvalue weighted by Crippen LogP contribution is -2.27. The Balaban J connectivity index is 0.00000136. The van der Waals surface area contributed by atoms with Crippen LogP contribution in [-0.4, -0.2) is 11.8 Å². The monoisotopic (exact) mass is 382 g/mol. The molecule has 3 nitrogen and oxygen atoms in total. The summed E-state index contributed by atoms with van der Waals surface area (Å²) in [6.45, 7) is 14.5. The summed E-state index contributed by atoms with van der Waals surface area (Å²) in [5.74, 6) is -0.866. The molecule has 0 aromatic heterocycles. The summed E-state index contributed by atoms with van der Waals surface area (Å²) < 4.78 is 12.0. The zero-order valence-electron chi connectivity index (χ0n) is 17.2. The lowest BCUT2D eigenvalue weighted by molar-refractivity contribution is -0.0788. The van der Waals surface area contributed by atoms with Gasteiger partial charge in [0.2, 0.25) is 0 Å². The van der Waals surface area contributed by atoms with E-state index >= 15 is 0 Å². The fourth-order valence-corrected chi connectivity index (χ4v) is 3.53. The quantitative estimate of drug-likeness (QED) is 0.619. The molecule has 0 spiro atoms. The van der Waals surface area contributed by atoms with Crippen molar-refractivity contribution in [2.45, 2.75) is 52.9 Å². The average Bonchev–Trinajstić information content (AvgIpc) is 2.71. The number of hydrogen-bond acceptors (Lipinski definition) is 3. The van der Waals surface area contributed by atoms with Crippen molar-refractivity contribution in [3.63, 3.8) is 0 Å². The first-order chi connectivity index (χ1) is 13.2. The zero-order valence-corrected chi connectivity index (χ0v) is 17.2. The van der Waals surface area contributed by atoms with Gasteiger partial charge in [0.15, 0.2) is 5.78 Å². The molecule has 2 aromatic carbocycles. The largest absolute Gasteiger partial charge is 0.379 e. The molecule has 0 aliphatic heterocycles. The third-order valence-electron chi connectivity index (χ3n) is 5.24. The summed E-state index contributed by atoms with van der Waals surface area (Å²) in [6.07, 6.45) is 1.40. The first-order valence-corrected chi connectivity index (χ1v) is 9.55. The first-order valence-electron chi connectivity index (χ1n) is 9.55. The molecule has 0 heterocycles. The predicted octanol–water partition coefficient (Wildman–Crippen LogP) is 6.38. The maximum absolute atomic E-state index is 12.4. The van der Waals surface area contributed by atoms with Gasteiger partial charge in [0.05, 0.1) is 5.56 Å². The number of carbonyl (C=O) groups excluding carboxylic acids is 2. The number of carbonyl (C=O) groups is 2. The second-order valence-electron chi connectivity index (χ2n) is 7.44. The number of rotatable bonds is 3. The van der Waals surface area contributed by atoms with E-state index in [0.717, 1.165) is 39.8 Å². The van der Waals surface area contributed by atoms with E-state index in [4.69, 9.17) is 0 Å². The lowest BCUT2D eigenvalue weighted by Gasteiger charge is -2.32. The van der Waals surface area contributed by atoms with E-state index < -0.39 is 5.97 Å². The van der Waals surface area contributed by atoms with Crippen LogP contribution >= 0.6 is 0 Å². The molecular formula is C24H27FO3. The van der Waals surface area contributed by atoms with Crippen LogP contribution in [0.5, 0.6) is 0 Å². The molecule has 28 heavy (non-hydrogen) atoms. The SMILES string of the molecule is C=C(c1ccc(C(=O)OF)cc1)c1cc2c(cc1C)C(C)(C)CCC2=O.CC. The molecule has 0 radical (unpaired) electrons. The van der Waals surface area contributed by atoms with Crippen LogP contribution in [0.4, 0.5) is 4.53 Å². The van der Waals surface area contributed by atoms with Crippen molar-refractivity contribution < 1.29 is 19.1 Å². The Morgan fingerprint density at radius 1 is 1.11 bits per heavy atom. The second-order valence-corrected chi connectivity index (χ2v) is 7.44. The Morgan fingerprint density at radius 2 is 1.68 bits per heavy atom. The molecule has 3 rings (SSSR count). The number of hydrogen-bond donors (Lipinski definition) is 0. The molecule has 2 aromatic rings. The van der Waals surface area contributed by atoms with Gasteiger partial charge in [-0.2, -0.15) is 0 Å². The van der Waals surface area contributed by atoms with Gasteiger partial charge in [0.1, 0.15) is 0 Å². The van der Waals surface area contributed by atoms with Gasteiger partial charge in [0, 0.05) is 16.5 Å². The third kappa shape index (κ3) is 4.06. The lowest BCUT2D eigenvalue weighted by atomic mass is 9.71. The van der Waals surface area contributed by atoms with Crippen molar-refractivity contribution in [3.8, 4) is 0 Å². The van der Waals surface area contributed by atoms with Crippen LogP contribution in [0.25, 0.3) is 5.57 Å². The van der Waals surface area contributed by atoms with E-state index in [-0.39, 0.29) is 16.8 Å². The van der Waals surface area contributed by atoms with E-state index in [1.165, 1.54) is 12.1 Å². The van der Waals surface area contributed by atoms with Gasteiger partial charge in [0.25, 0.3) is 0 Å². The fourth-order valence-electron chi connectivity index (χ4n) is 3.53. The van der Waals surface area contributed by atoms with Crippen LogP contribution in [0, 0.1) is 6.92 Å². The van der Waals surface area contributed by atoms with Gasteiger partial charge in [-0.15, -0.1) is 0 Å². The van der Waals surface area contributed by atoms with Crippen LogP contribution < -0.4 is 0 Å². The van der Waals surface area contributed by atoms with Crippen LogP contribution in [0.3, 0.4) is 0 Å². The number of halogens is 1. The minimum atomic E-state index is -1.03. The minimum absolute atomic E-state index is 0.0256. The van der Waals surface area contributed by atoms with Gasteiger partial charge in [-0.25, -0.2) is 9.74 Å². The van der Waals surface area contributed by atoms with Gasteiger partial charge in [-0.05, 0) is 64.8 Å². The Kier molecular flexibility index (Phi) is 6.55. The summed E-state index contributed by atoms with van der Waals surface area (Å²) in [7, 11) is 0. The standard InChI is InChI=1S/C22H21FO3.C2H6/c1-13-11-19-18(20(24)9-10-22(19,3)4)12-17(13)14(2)15-5-7-16(8-6-15)21(25)26-23;1-2/h5-8,11-12H,2,9-10H2,1,3-4H3;1-2H3. The number of aryl methyl sites for hydroxylation is 1. The van der Waals surface area contributed by atoms with Crippen molar-refractivity contribution in [1.29, 1.82) is 0 Å². The van der Waals surface area contributed by atoms with Crippen LogP contribution in [0.15, 0.2) is 43.0 Å². The summed E-state index contributed by atoms with van der Waals surface area (Å²) >= 11 is 0. The van der Waals surface area contributed by atoms with Gasteiger partial charge < -0.3 is 0 Å². The molecule has 0 unspecified atom stereocenters. The summed E-state index contributed by atoms with van der Waals surface area (Å²) in [5, 5.41) is 0. The van der Waals surface area contributed by atoms with E-state index in [1.807, 2.05) is 26.8 Å². The number of fused-ring (bicyclic) bond motifs is 1. The number of Topliss-reactive ketones (excluding diaryl/α,β-unsaturated/α-hetero) is 1. The maximum atomic E-state index is 12.4. The Morgan fingerprint density at radius 3 is 2.25 bits per heavy atom. The molecule has 0 atom stereocenters. The minimum Gasteiger partial charge on any atom is -0.294 e. The molecule has 1 aliphatic rings. The van der Waals surface area contributed by atoms with Crippen molar-refractivity contribution in [3.05, 3.63) is 76.4 Å². The molecule has 0 saturated heterocycles. The second kappa shape index (κ2) is 8.51. The number of ketones is 1. The Hall–Kier alpha value is -2.75. The highest BCUT2D eigenvalue weighted by atomic mass is 19.3. The van der Waals surface area contributed by atoms with Crippen molar-refractivity contribution in [2.24, 2.45) is 0 Å². The molecule has 0 fully saturated rings. The first kappa shape index (κ1) is 21.5. The van der Waals surface area contributed by atoms with Crippen LogP contribution in [0.1, 0.15) is 83.5 Å². The molecule has 0 saturated carbocycles. The van der Waals surface area contributed by atoms with Crippen LogP contribution in [-0.2, 0) is 10.4 Å². The van der Waals surface area contributed by atoms with E-state index in [0.29, 0.717) is 6.42 Å². The highest BCUT2D eigenvalue weighted by molar-refractivity contribution is 6.00. The molecule has 0 N–H and O–H groups in total. The van der Waals surface area contributed by atoms with E-state index in [2.05, 4.69) is 31.4 Å². The fraction of sp³-hybridized carbons (Fsp3) is 0.333. The smallest absolute Gasteiger partial charge is 0.294 e. The Labute approximate surface area is 166 Å². The number of benzene rings is 2. The van der Waals surface area contributed by atoms with E-state index in [9.17, 15) is 14.1 Å². The highest BCUT2D eigenvalue weighted by Crippen LogP contribution is 2.39. The van der Waals surface area contributed by atoms with Crippen molar-refractivity contribution in [1.82, 2.24) is 0 Å². The molecule has 148 valence electrons. The van der Waals surface area contributed by atoms with E-state index in [1.54, 1.807) is 12.1 Å². The molecule has 4 heteroatoms. The van der Waals surface area contributed by atoms with Crippen molar-refractivity contribution in [2.75, 3.05) is 0 Å². The molecular weight excluding hydrogens is 355 g/mol. The summed E-state index contributed by atoms with van der Waals surface area (Å²) in [5.41, 5.74) is 5.45. The highest BCUT2D eigenvalue weighted by Gasteiger charge is 2.32. The Bertz CT molecular complexity index is 908. The normalized spacial score (nSPS) is 14.4. The van der Waals surface area contributed by atoms with Gasteiger partial charge in [-0.1, -0.05) is 52.5 Å². The maximum Gasteiger partial charge on any atom is 0.379 e. The topological polar surface area (TPSA) is 43.4 Å². The molecule has 0 bridgehead atoms. The predicted molar refractivity (Wildman–Crippen MR) is 110 cm³/mol. The van der Waals surface area contributed by atoms with Gasteiger partial charge >= 0.3 is 5.97 Å². The summed E-state index contributed by atoms with van der Waals surface area (Å²) in [4.78, 5) is 26.9.